The van der Waals surface area contributed by atoms with E-state index >= 15 is 0 Å². The number of carbonyl (C=O) groups is 3. The van der Waals surface area contributed by atoms with E-state index in [0.717, 1.165) is 4.90 Å². The van der Waals surface area contributed by atoms with Crippen LogP contribution in [-0.4, -0.2) is 35.3 Å². The Labute approximate surface area is 95.8 Å². The van der Waals surface area contributed by atoms with E-state index in [2.05, 4.69) is 5.32 Å². The van der Waals surface area contributed by atoms with Crippen LogP contribution in [0.5, 0.6) is 0 Å². The Hall–Kier alpha value is -1.56. The van der Waals surface area contributed by atoms with Gasteiger partial charge in [-0.15, -0.1) is 0 Å². The van der Waals surface area contributed by atoms with Crippen LogP contribution in [0, 0.1) is 0 Å². The molecule has 86 valence electrons. The lowest BCUT2D eigenvalue weighted by Gasteiger charge is -2.50. The second kappa shape index (κ2) is 3.79. The molecule has 7 heteroatoms. The van der Waals surface area contributed by atoms with Crippen molar-refractivity contribution in [3.05, 3.63) is 10.7 Å². The van der Waals surface area contributed by atoms with E-state index in [0.29, 0.717) is 19.3 Å². The molecule has 2 atom stereocenters. The van der Waals surface area contributed by atoms with Gasteiger partial charge >= 0.3 is 0 Å². The van der Waals surface area contributed by atoms with Crippen molar-refractivity contribution >= 4 is 29.9 Å². The summed E-state index contributed by atoms with van der Waals surface area (Å²) < 4.78 is 0. The third-order valence-corrected chi connectivity index (χ3v) is 3.19. The van der Waals surface area contributed by atoms with Crippen molar-refractivity contribution in [3.63, 3.8) is 0 Å². The molecule has 0 aromatic carbocycles. The van der Waals surface area contributed by atoms with Crippen LogP contribution < -0.4 is 10.4 Å². The summed E-state index contributed by atoms with van der Waals surface area (Å²) in [6.07, 6.45) is 1.34. The van der Waals surface area contributed by atoms with Gasteiger partial charge in [-0.3, -0.25) is 9.59 Å². The molecule has 1 saturated heterocycles. The number of nitrogens with one attached hydrogen (secondary N) is 1. The standard InChI is InChI=1S/C9H9ClN2O4/c10-4-1-2-5-6(11-3-13)8(14)12(5)7(4)9(15)16/h3,5-6H,1-2H2,(H,11,13)(H,15,16)/p-1/t5-,6+/m1/s1. The van der Waals surface area contributed by atoms with Gasteiger partial charge in [0, 0.05) is 5.03 Å². The fraction of sp³-hybridized carbons (Fsp3) is 0.444. The van der Waals surface area contributed by atoms with Gasteiger partial charge in [-0.2, -0.15) is 0 Å². The Morgan fingerprint density at radius 3 is 2.88 bits per heavy atom. The molecule has 0 aromatic heterocycles. The predicted octanol–water partition coefficient (Wildman–Crippen LogP) is -1.69. The molecule has 16 heavy (non-hydrogen) atoms. The van der Waals surface area contributed by atoms with Crippen LogP contribution >= 0.6 is 11.6 Å². The van der Waals surface area contributed by atoms with Gasteiger partial charge in [0.25, 0.3) is 5.91 Å². The maximum absolute atomic E-state index is 11.6. The maximum atomic E-state index is 11.6. The summed E-state index contributed by atoms with van der Waals surface area (Å²) in [5, 5.41) is 13.3. The number of rotatable bonds is 3. The van der Waals surface area contributed by atoms with Gasteiger partial charge in [0.05, 0.1) is 17.7 Å². The molecule has 2 aliphatic heterocycles. The first kappa shape index (κ1) is 10.9. The Kier molecular flexibility index (Phi) is 2.59. The van der Waals surface area contributed by atoms with Crippen molar-refractivity contribution < 1.29 is 19.5 Å². The molecular weight excluding hydrogens is 236 g/mol. The lowest BCUT2D eigenvalue weighted by molar-refractivity contribution is -0.302. The van der Waals surface area contributed by atoms with Gasteiger partial charge < -0.3 is 20.1 Å². The van der Waals surface area contributed by atoms with Crippen LogP contribution in [-0.2, 0) is 14.4 Å². The van der Waals surface area contributed by atoms with Gasteiger partial charge in [0.2, 0.25) is 6.41 Å². The third-order valence-electron chi connectivity index (χ3n) is 2.82. The SMILES string of the molecule is O=CN[C@@H]1C(=O)N2C(C(=O)[O-])=C(Cl)CC[C@H]12. The summed E-state index contributed by atoms with van der Waals surface area (Å²) in [7, 11) is 0. The highest BCUT2D eigenvalue weighted by molar-refractivity contribution is 6.32. The van der Waals surface area contributed by atoms with E-state index in [1.165, 1.54) is 0 Å². The summed E-state index contributed by atoms with van der Waals surface area (Å²) in [5.41, 5.74) is -0.271. The molecule has 0 saturated carbocycles. The van der Waals surface area contributed by atoms with Crippen LogP contribution in [0.3, 0.4) is 0 Å². The minimum absolute atomic E-state index is 0.120. The molecule has 2 amide bonds. The van der Waals surface area contributed by atoms with E-state index in [9.17, 15) is 19.5 Å². The molecule has 0 radical (unpaired) electrons. The first-order chi connectivity index (χ1) is 7.57. The minimum Gasteiger partial charge on any atom is -0.543 e. The number of β-lactam (4-membered cyclic amide) rings is 1. The van der Waals surface area contributed by atoms with Gasteiger partial charge in [-0.1, -0.05) is 11.6 Å². The number of fused-ring (bicyclic) bond motifs is 1. The quantitative estimate of drug-likeness (QED) is 0.473. The molecule has 0 bridgehead atoms. The van der Waals surface area contributed by atoms with Crippen molar-refractivity contribution in [2.24, 2.45) is 0 Å². The monoisotopic (exact) mass is 243 g/mol. The Morgan fingerprint density at radius 2 is 2.31 bits per heavy atom. The number of aliphatic carboxylic acids is 1. The van der Waals surface area contributed by atoms with Crippen LogP contribution in [0.25, 0.3) is 0 Å². The average Bonchev–Trinajstić information content (AvgIpc) is 2.25. The molecule has 2 heterocycles. The van der Waals surface area contributed by atoms with Crippen LogP contribution in [0.2, 0.25) is 0 Å². The topological polar surface area (TPSA) is 89.5 Å². The lowest BCUT2D eigenvalue weighted by atomic mass is 9.86. The zero-order chi connectivity index (χ0) is 11.9. The molecular formula is C9H8ClN2O4-. The summed E-state index contributed by atoms with van der Waals surface area (Å²) in [6, 6.07) is -0.968. The largest absolute Gasteiger partial charge is 0.543 e. The highest BCUT2D eigenvalue weighted by Crippen LogP contribution is 2.37. The lowest BCUT2D eigenvalue weighted by Crippen LogP contribution is -2.71. The fourth-order valence-corrected chi connectivity index (χ4v) is 2.38. The second-order valence-electron chi connectivity index (χ2n) is 3.62. The Bertz CT molecular complexity index is 406. The van der Waals surface area contributed by atoms with Crippen LogP contribution in [0.15, 0.2) is 10.7 Å². The highest BCUT2D eigenvalue weighted by atomic mass is 35.5. The number of carboxylic acid groups (broad SMARTS) is 1. The Balaban J connectivity index is 2.27. The third kappa shape index (κ3) is 1.37. The zero-order valence-corrected chi connectivity index (χ0v) is 8.86. The predicted molar refractivity (Wildman–Crippen MR) is 50.7 cm³/mol. The van der Waals surface area contributed by atoms with E-state index in [-0.39, 0.29) is 16.8 Å². The number of hydrogen-bond acceptors (Lipinski definition) is 4. The number of hydrogen-bond donors (Lipinski definition) is 1. The van der Waals surface area contributed by atoms with Crippen molar-refractivity contribution in [1.82, 2.24) is 10.2 Å². The fourth-order valence-electron chi connectivity index (χ4n) is 2.11. The molecule has 2 aliphatic rings. The van der Waals surface area contributed by atoms with E-state index in [1.54, 1.807) is 0 Å². The van der Waals surface area contributed by atoms with Crippen molar-refractivity contribution in [2.75, 3.05) is 0 Å². The van der Waals surface area contributed by atoms with Gasteiger partial charge in [0.15, 0.2) is 0 Å². The molecule has 0 unspecified atom stereocenters. The number of allylic oxidation sites excluding steroid dienone is 1. The summed E-state index contributed by atoms with van der Waals surface area (Å²) in [5.74, 6) is -1.93. The molecule has 2 rings (SSSR count). The first-order valence-electron chi connectivity index (χ1n) is 4.70. The number of halogens is 1. The number of carbonyl (C=O) groups excluding carboxylic acids is 3. The summed E-state index contributed by atoms with van der Waals surface area (Å²) in [6.45, 7) is 0. The van der Waals surface area contributed by atoms with E-state index in [1.807, 2.05) is 0 Å². The average molecular weight is 244 g/mol. The minimum atomic E-state index is -1.47. The zero-order valence-electron chi connectivity index (χ0n) is 8.10. The molecule has 0 aromatic rings. The van der Waals surface area contributed by atoms with Crippen LogP contribution in [0.4, 0.5) is 0 Å². The maximum Gasteiger partial charge on any atom is 0.252 e. The smallest absolute Gasteiger partial charge is 0.252 e. The van der Waals surface area contributed by atoms with Gasteiger partial charge in [0.1, 0.15) is 6.04 Å². The van der Waals surface area contributed by atoms with E-state index < -0.39 is 17.9 Å². The molecule has 6 nitrogen and oxygen atoms in total. The molecule has 0 spiro atoms. The number of amides is 2. The van der Waals surface area contributed by atoms with E-state index in [4.69, 9.17) is 11.6 Å². The first-order valence-corrected chi connectivity index (χ1v) is 5.08. The molecule has 1 fully saturated rings. The second-order valence-corrected chi connectivity index (χ2v) is 4.07. The van der Waals surface area contributed by atoms with Gasteiger partial charge in [-0.25, -0.2) is 0 Å². The Morgan fingerprint density at radius 1 is 1.62 bits per heavy atom. The number of carboxylic acids is 1. The molecule has 1 N–H and O–H groups in total. The van der Waals surface area contributed by atoms with Crippen LogP contribution in [0.1, 0.15) is 12.8 Å². The highest BCUT2D eigenvalue weighted by Gasteiger charge is 2.51. The molecule has 0 aliphatic carbocycles. The van der Waals surface area contributed by atoms with Gasteiger partial charge in [-0.05, 0) is 12.8 Å². The van der Waals surface area contributed by atoms with Crippen molar-refractivity contribution in [2.45, 2.75) is 24.9 Å². The summed E-state index contributed by atoms with van der Waals surface area (Å²) in [4.78, 5) is 33.7. The summed E-state index contributed by atoms with van der Waals surface area (Å²) >= 11 is 5.74. The van der Waals surface area contributed by atoms with Crippen molar-refractivity contribution in [3.8, 4) is 0 Å². The number of nitrogens with zero attached hydrogens (tertiary/aromatic N) is 1. The van der Waals surface area contributed by atoms with Crippen molar-refractivity contribution in [1.29, 1.82) is 0 Å². The normalized spacial score (nSPS) is 28.3.